The van der Waals surface area contributed by atoms with E-state index < -0.39 is 64.9 Å². The quantitative estimate of drug-likeness (QED) is 0.201. The maximum Gasteiger partial charge on any atom is 0.418 e. The molecule has 2 amide bonds. The minimum Gasteiger partial charge on any atom is -0.496 e. The van der Waals surface area contributed by atoms with Gasteiger partial charge < -0.3 is 19.1 Å². The zero-order chi connectivity index (χ0) is 37.7. The Hall–Kier alpha value is -4.23. The van der Waals surface area contributed by atoms with Crippen molar-refractivity contribution in [2.24, 2.45) is 5.41 Å². The van der Waals surface area contributed by atoms with Crippen molar-refractivity contribution in [3.05, 3.63) is 63.7 Å². The molecule has 1 fully saturated rings. The smallest absolute Gasteiger partial charge is 0.418 e. The van der Waals surface area contributed by atoms with E-state index in [0.717, 1.165) is 37.1 Å². The number of carbonyl (C=O) groups is 3. The van der Waals surface area contributed by atoms with E-state index >= 15 is 0 Å². The van der Waals surface area contributed by atoms with Gasteiger partial charge in [-0.25, -0.2) is 4.79 Å². The van der Waals surface area contributed by atoms with Crippen LogP contribution in [0.4, 0.5) is 36.8 Å². The fourth-order valence-electron chi connectivity index (χ4n) is 6.79. The highest BCUT2D eigenvalue weighted by Gasteiger charge is 2.44. The van der Waals surface area contributed by atoms with Crippen molar-refractivity contribution < 1.29 is 54.9 Å². The zero-order valence-electron chi connectivity index (χ0n) is 29.5. The highest BCUT2D eigenvalue weighted by molar-refractivity contribution is 6.01. The van der Waals surface area contributed by atoms with Gasteiger partial charge in [-0.05, 0) is 93.3 Å². The lowest BCUT2D eigenvalue weighted by Gasteiger charge is -2.36. The summed E-state index contributed by atoms with van der Waals surface area (Å²) in [5.41, 5.74) is -2.45. The Kier molecular flexibility index (Phi) is 10.4. The maximum absolute atomic E-state index is 14.5. The molecular formula is C36H42F6N2O6. The van der Waals surface area contributed by atoms with Crippen LogP contribution in [0.5, 0.6) is 5.75 Å². The molecule has 1 aliphatic carbocycles. The number of carbonyl (C=O) groups excluding carboxylic acids is 3. The van der Waals surface area contributed by atoms with Gasteiger partial charge in [-0.1, -0.05) is 25.5 Å². The van der Waals surface area contributed by atoms with Gasteiger partial charge in [-0.3, -0.25) is 14.5 Å². The Morgan fingerprint density at radius 3 is 2.24 bits per heavy atom. The second-order valence-electron chi connectivity index (χ2n) is 14.3. The fourth-order valence-corrected chi connectivity index (χ4v) is 6.79. The number of halogens is 6. The normalized spacial score (nSPS) is 19.7. The molecule has 274 valence electrons. The third-order valence-electron chi connectivity index (χ3n) is 9.21. The predicted molar refractivity (Wildman–Crippen MR) is 173 cm³/mol. The Labute approximate surface area is 287 Å². The van der Waals surface area contributed by atoms with Crippen LogP contribution < -0.4 is 9.64 Å². The van der Waals surface area contributed by atoms with Gasteiger partial charge in [0.15, 0.2) is 5.60 Å². The standard InChI is InChI=1S/C36H42F6N2O6/c1-19-12-22(14-24(13-19)35(37,38)39)30-20(2)44(32(47)49-30)18-23-17-33(4,5)11-10-25(23)26-15-28(27(36(40,41)42)16-29(26)48-9)43(8)31(46)34(6,7)50-21(3)45/h12-16,20,30H,10-11,17-18H2,1-9H3/t20-,30-/m0/s1. The van der Waals surface area contributed by atoms with E-state index in [-0.39, 0.29) is 28.8 Å². The summed E-state index contributed by atoms with van der Waals surface area (Å²) in [7, 11) is 2.39. The molecule has 2 aliphatic rings. The van der Waals surface area contributed by atoms with Crippen molar-refractivity contribution in [1.29, 1.82) is 0 Å². The molecule has 50 heavy (non-hydrogen) atoms. The number of hydrogen-bond acceptors (Lipinski definition) is 6. The van der Waals surface area contributed by atoms with Crippen LogP contribution in [0.1, 0.15) is 94.7 Å². The summed E-state index contributed by atoms with van der Waals surface area (Å²) in [6, 6.07) is 4.86. The van der Waals surface area contributed by atoms with Gasteiger partial charge in [0.2, 0.25) is 0 Å². The van der Waals surface area contributed by atoms with E-state index in [2.05, 4.69) is 0 Å². The zero-order valence-corrected chi connectivity index (χ0v) is 29.5. The number of rotatable bonds is 8. The van der Waals surface area contributed by atoms with Crippen molar-refractivity contribution in [2.45, 2.75) is 97.8 Å². The number of allylic oxidation sites excluding steroid dienone is 1. The van der Waals surface area contributed by atoms with E-state index in [9.17, 15) is 40.7 Å². The summed E-state index contributed by atoms with van der Waals surface area (Å²) in [4.78, 5) is 40.6. The van der Waals surface area contributed by atoms with E-state index in [4.69, 9.17) is 14.2 Å². The molecule has 4 rings (SSSR count). The summed E-state index contributed by atoms with van der Waals surface area (Å²) in [5.74, 6) is -1.80. The number of nitrogens with zero attached hydrogens (tertiary/aromatic N) is 2. The topological polar surface area (TPSA) is 85.4 Å². The summed E-state index contributed by atoms with van der Waals surface area (Å²) < 4.78 is 101. The minimum atomic E-state index is -4.90. The second kappa shape index (κ2) is 13.5. The molecule has 8 nitrogen and oxygen atoms in total. The van der Waals surface area contributed by atoms with E-state index in [0.29, 0.717) is 36.0 Å². The van der Waals surface area contributed by atoms with Crippen molar-refractivity contribution in [3.63, 3.8) is 0 Å². The average molecular weight is 713 g/mol. The molecule has 0 N–H and O–H groups in total. The molecule has 0 aromatic heterocycles. The third-order valence-corrected chi connectivity index (χ3v) is 9.21. The van der Waals surface area contributed by atoms with Crippen molar-refractivity contribution >= 4 is 29.2 Å². The SMILES string of the molecule is COc1cc(C(F)(F)F)c(N(C)C(=O)C(C)(C)OC(C)=O)cc1C1=C(CN2C(=O)O[C@H](c3cc(C)cc(C(F)(F)F)c3)[C@@H]2C)CC(C)(C)CC1. The highest BCUT2D eigenvalue weighted by atomic mass is 19.4. The van der Waals surface area contributed by atoms with Gasteiger partial charge in [-0.15, -0.1) is 0 Å². The lowest BCUT2D eigenvalue weighted by molar-refractivity contribution is -0.161. The van der Waals surface area contributed by atoms with E-state index in [1.807, 2.05) is 13.8 Å². The largest absolute Gasteiger partial charge is 0.496 e. The first-order valence-corrected chi connectivity index (χ1v) is 16.0. The second-order valence-corrected chi connectivity index (χ2v) is 14.3. The average Bonchev–Trinajstić information content (AvgIpc) is 3.26. The summed E-state index contributed by atoms with van der Waals surface area (Å²) in [6.07, 6.45) is -9.81. The summed E-state index contributed by atoms with van der Waals surface area (Å²) in [5, 5.41) is 0. The first-order chi connectivity index (χ1) is 22.9. The minimum absolute atomic E-state index is 0.0129. The van der Waals surface area contributed by atoms with Gasteiger partial charge in [-0.2, -0.15) is 26.3 Å². The number of methoxy groups -OCH3 is 1. The number of benzene rings is 2. The van der Waals surface area contributed by atoms with Crippen LogP contribution in [0.15, 0.2) is 35.9 Å². The first-order valence-electron chi connectivity index (χ1n) is 16.0. The van der Waals surface area contributed by atoms with Gasteiger partial charge >= 0.3 is 24.4 Å². The number of likely N-dealkylation sites (N-methyl/N-ethyl adjacent to an activating group) is 1. The van der Waals surface area contributed by atoms with Crippen molar-refractivity contribution in [3.8, 4) is 5.75 Å². The number of amides is 2. The number of anilines is 1. The van der Waals surface area contributed by atoms with E-state index in [1.54, 1.807) is 6.92 Å². The molecule has 0 radical (unpaired) electrons. The molecule has 0 saturated carbocycles. The number of ether oxygens (including phenoxy) is 3. The number of aryl methyl sites for hydroxylation is 1. The molecule has 0 unspecified atom stereocenters. The van der Waals surface area contributed by atoms with Crippen LogP contribution in [0.25, 0.3) is 5.57 Å². The predicted octanol–water partition coefficient (Wildman–Crippen LogP) is 8.89. The van der Waals surface area contributed by atoms with Crippen LogP contribution in [0, 0.1) is 12.3 Å². The number of esters is 1. The van der Waals surface area contributed by atoms with Crippen LogP contribution in [0.3, 0.4) is 0 Å². The third kappa shape index (κ3) is 8.04. The molecule has 0 bridgehead atoms. The molecule has 0 spiro atoms. The summed E-state index contributed by atoms with van der Waals surface area (Å²) >= 11 is 0. The summed E-state index contributed by atoms with van der Waals surface area (Å²) in [6.45, 7) is 10.8. The monoisotopic (exact) mass is 712 g/mol. The van der Waals surface area contributed by atoms with Gasteiger partial charge in [0.05, 0.1) is 30.0 Å². The molecule has 2 aromatic rings. The van der Waals surface area contributed by atoms with Crippen LogP contribution in [-0.4, -0.2) is 55.2 Å². The maximum atomic E-state index is 14.5. The molecule has 1 aliphatic heterocycles. The number of hydrogen-bond donors (Lipinski definition) is 0. The molecule has 1 heterocycles. The Bertz CT molecular complexity index is 1710. The number of alkyl halides is 6. The van der Waals surface area contributed by atoms with E-state index in [1.165, 1.54) is 44.9 Å². The van der Waals surface area contributed by atoms with Gasteiger partial charge in [0.25, 0.3) is 5.91 Å². The number of cyclic esters (lactones) is 1. The Balaban J connectivity index is 1.83. The fraction of sp³-hybridized carbons (Fsp3) is 0.528. The van der Waals surface area contributed by atoms with Gasteiger partial charge in [0.1, 0.15) is 11.9 Å². The lowest BCUT2D eigenvalue weighted by atomic mass is 9.72. The molecule has 2 atom stereocenters. The van der Waals surface area contributed by atoms with Crippen LogP contribution in [0.2, 0.25) is 0 Å². The van der Waals surface area contributed by atoms with Crippen LogP contribution >= 0.6 is 0 Å². The van der Waals surface area contributed by atoms with Crippen LogP contribution in [-0.2, 0) is 31.4 Å². The Morgan fingerprint density at radius 1 is 1.04 bits per heavy atom. The first kappa shape index (κ1) is 38.6. The molecular weight excluding hydrogens is 670 g/mol. The lowest BCUT2D eigenvalue weighted by Crippen LogP contribution is -2.46. The van der Waals surface area contributed by atoms with Crippen molar-refractivity contribution in [1.82, 2.24) is 4.90 Å². The van der Waals surface area contributed by atoms with Crippen molar-refractivity contribution in [2.75, 3.05) is 25.6 Å². The highest BCUT2D eigenvalue weighted by Crippen LogP contribution is 2.49. The Morgan fingerprint density at radius 2 is 1.68 bits per heavy atom. The molecule has 14 heteroatoms. The van der Waals surface area contributed by atoms with Gasteiger partial charge in [0, 0.05) is 26.1 Å². The molecule has 1 saturated heterocycles. The molecule has 2 aromatic carbocycles.